The predicted octanol–water partition coefficient (Wildman–Crippen LogP) is 1.49. The van der Waals surface area contributed by atoms with Crippen molar-refractivity contribution in [2.45, 2.75) is 47.0 Å². The lowest BCUT2D eigenvalue weighted by Crippen LogP contribution is -2.48. The molecule has 5 nitrogen and oxygen atoms in total. The molecule has 6 heteroatoms. The van der Waals surface area contributed by atoms with Gasteiger partial charge in [-0.1, -0.05) is 13.3 Å². The molecule has 0 aromatic rings. The molecular formula is C11H28NO4P. The van der Waals surface area contributed by atoms with Gasteiger partial charge in [-0.3, -0.25) is 4.57 Å². The van der Waals surface area contributed by atoms with Gasteiger partial charge >= 0.3 is 0 Å². The summed E-state index contributed by atoms with van der Waals surface area (Å²) in [4.78, 5) is 22.9. The van der Waals surface area contributed by atoms with Gasteiger partial charge in [-0.25, -0.2) is 0 Å². The summed E-state index contributed by atoms with van der Waals surface area (Å²) in [6, 6.07) is 0. The highest BCUT2D eigenvalue weighted by Gasteiger charge is 2.18. The van der Waals surface area contributed by atoms with Gasteiger partial charge < -0.3 is 19.2 Å². The number of unbranched alkanes of at least 4 members (excludes halogenated alkanes) is 2. The minimum atomic E-state index is -4.89. The van der Waals surface area contributed by atoms with E-state index >= 15 is 0 Å². The lowest BCUT2D eigenvalue weighted by molar-refractivity contribution is -0.923. The summed E-state index contributed by atoms with van der Waals surface area (Å²) in [5, 5.41) is 0. The first-order valence-electron chi connectivity index (χ1n) is 6.36. The van der Waals surface area contributed by atoms with Gasteiger partial charge in [-0.15, -0.1) is 0 Å². The number of hydrogen-bond acceptors (Lipinski definition) is 2. The number of quaternary nitrogens is 1. The number of nitrogens with zero attached hydrogens (tertiary/aromatic N) is 1. The maximum atomic E-state index is 8.77. The van der Waals surface area contributed by atoms with Crippen molar-refractivity contribution in [3.63, 3.8) is 0 Å². The topological polar surface area (TPSA) is 80.6 Å². The summed E-state index contributed by atoms with van der Waals surface area (Å²) in [5.41, 5.74) is 0. The molecule has 0 rings (SSSR count). The molecule has 0 aliphatic carbocycles. The molecule has 0 aliphatic rings. The molecule has 0 saturated heterocycles. The summed E-state index contributed by atoms with van der Waals surface area (Å²) >= 11 is 0. The summed E-state index contributed by atoms with van der Waals surface area (Å²) < 4.78 is 10.1. The Morgan fingerprint density at radius 2 is 1.35 bits per heavy atom. The van der Waals surface area contributed by atoms with E-state index in [-0.39, 0.29) is 0 Å². The zero-order valence-corrected chi connectivity index (χ0v) is 12.4. The molecule has 17 heavy (non-hydrogen) atoms. The van der Waals surface area contributed by atoms with Crippen molar-refractivity contribution in [1.82, 2.24) is 0 Å². The number of hydrogen-bond donors (Lipinski definition) is 2. The van der Waals surface area contributed by atoms with Gasteiger partial charge in [0.15, 0.2) is 0 Å². The Kier molecular flexibility index (Phi) is 11.5. The van der Waals surface area contributed by atoms with Crippen LogP contribution >= 0.6 is 7.82 Å². The van der Waals surface area contributed by atoms with Crippen molar-refractivity contribution in [2.24, 2.45) is 0 Å². The molecular weight excluding hydrogens is 241 g/mol. The van der Waals surface area contributed by atoms with Crippen LogP contribution < -0.4 is 4.89 Å². The third-order valence-electron chi connectivity index (χ3n) is 3.25. The quantitative estimate of drug-likeness (QED) is 0.417. The fraction of sp³-hybridized carbons (Fsp3) is 1.00. The van der Waals surface area contributed by atoms with E-state index in [4.69, 9.17) is 19.2 Å². The predicted molar refractivity (Wildman–Crippen MR) is 68.3 cm³/mol. The third-order valence-corrected chi connectivity index (χ3v) is 3.25. The Bertz CT molecular complexity index is 197. The molecule has 0 fully saturated rings. The number of rotatable bonds is 7. The molecule has 0 unspecified atom stereocenters. The molecule has 0 spiro atoms. The Morgan fingerprint density at radius 1 is 1.00 bits per heavy atom. The van der Waals surface area contributed by atoms with E-state index in [1.54, 1.807) is 0 Å². The minimum Gasteiger partial charge on any atom is -0.756 e. The summed E-state index contributed by atoms with van der Waals surface area (Å²) in [6.07, 6.45) is 4.16. The Morgan fingerprint density at radius 3 is 1.59 bits per heavy atom. The van der Waals surface area contributed by atoms with E-state index in [9.17, 15) is 0 Å². The van der Waals surface area contributed by atoms with Crippen molar-refractivity contribution in [3.8, 4) is 0 Å². The second-order valence-corrected chi connectivity index (χ2v) is 5.19. The monoisotopic (exact) mass is 269 g/mol. The lowest BCUT2D eigenvalue weighted by Gasteiger charge is -2.35. The second-order valence-electron chi connectivity index (χ2n) is 4.21. The van der Waals surface area contributed by atoms with E-state index in [2.05, 4.69) is 27.7 Å². The first-order valence-corrected chi connectivity index (χ1v) is 7.89. The van der Waals surface area contributed by atoms with Gasteiger partial charge in [0.2, 0.25) is 0 Å². The van der Waals surface area contributed by atoms with Crippen molar-refractivity contribution in [1.29, 1.82) is 0 Å². The van der Waals surface area contributed by atoms with Gasteiger partial charge in [0.05, 0.1) is 26.2 Å². The first kappa shape index (κ1) is 19.4. The van der Waals surface area contributed by atoms with E-state index in [0.29, 0.717) is 0 Å². The molecule has 0 atom stereocenters. The maximum absolute atomic E-state index is 8.77. The van der Waals surface area contributed by atoms with Gasteiger partial charge in [0.1, 0.15) is 0 Å². The zero-order valence-electron chi connectivity index (χ0n) is 11.6. The minimum absolute atomic E-state index is 1.30. The highest BCUT2D eigenvalue weighted by atomic mass is 31.2. The van der Waals surface area contributed by atoms with Crippen molar-refractivity contribution in [2.75, 3.05) is 26.2 Å². The smallest absolute Gasteiger partial charge is 0.262 e. The Balaban J connectivity index is 0. The average Bonchev–Trinajstić information content (AvgIpc) is 2.23. The van der Waals surface area contributed by atoms with Crippen LogP contribution in [-0.2, 0) is 4.57 Å². The van der Waals surface area contributed by atoms with Crippen molar-refractivity contribution in [3.05, 3.63) is 0 Å². The normalized spacial score (nSPS) is 11.9. The van der Waals surface area contributed by atoms with Crippen LogP contribution in [0.5, 0.6) is 0 Å². The zero-order chi connectivity index (χ0) is 13.9. The van der Waals surface area contributed by atoms with Crippen LogP contribution in [0.3, 0.4) is 0 Å². The van der Waals surface area contributed by atoms with Crippen LogP contribution in [0.4, 0.5) is 0 Å². The van der Waals surface area contributed by atoms with E-state index in [0.717, 1.165) is 0 Å². The van der Waals surface area contributed by atoms with Crippen LogP contribution in [0, 0.1) is 0 Å². The fourth-order valence-electron chi connectivity index (χ4n) is 1.84. The van der Waals surface area contributed by atoms with E-state index < -0.39 is 7.82 Å². The van der Waals surface area contributed by atoms with Gasteiger partial charge in [0, 0.05) is 0 Å². The van der Waals surface area contributed by atoms with Crippen LogP contribution in [0.1, 0.15) is 47.0 Å². The van der Waals surface area contributed by atoms with Crippen molar-refractivity contribution >= 4 is 7.82 Å². The first-order chi connectivity index (χ1) is 7.74. The van der Waals surface area contributed by atoms with Gasteiger partial charge in [0.25, 0.3) is 7.82 Å². The fourth-order valence-corrected chi connectivity index (χ4v) is 1.84. The SMILES string of the molecule is CCCCC[N+](CC)(CC)CC.O=P([O-])(O)O. The number of phosphoric acid groups is 1. The van der Waals surface area contributed by atoms with Crippen LogP contribution in [0.25, 0.3) is 0 Å². The van der Waals surface area contributed by atoms with Crippen LogP contribution in [-0.4, -0.2) is 40.4 Å². The molecule has 2 N–H and O–H groups in total. The molecule has 0 saturated carbocycles. The van der Waals surface area contributed by atoms with Crippen molar-refractivity contribution < 1.29 is 23.7 Å². The van der Waals surface area contributed by atoms with Crippen LogP contribution in [0.2, 0.25) is 0 Å². The highest BCUT2D eigenvalue weighted by molar-refractivity contribution is 7.43. The highest BCUT2D eigenvalue weighted by Crippen LogP contribution is 2.19. The molecule has 0 aliphatic heterocycles. The largest absolute Gasteiger partial charge is 0.756 e. The standard InChI is InChI=1S/C11H26N.H3O4P/c1-5-9-10-11-12(6-2,7-3)8-4;1-5(2,3)4/h5-11H2,1-4H3;(H3,1,2,3,4)/q+1;/p-1. The molecule has 0 radical (unpaired) electrons. The third kappa shape index (κ3) is 14.0. The van der Waals surface area contributed by atoms with E-state index in [1.807, 2.05) is 0 Å². The molecule has 106 valence electrons. The summed E-state index contributed by atoms with van der Waals surface area (Å²) in [5.74, 6) is 0. The second kappa shape index (κ2) is 10.0. The molecule has 0 heterocycles. The summed E-state index contributed by atoms with van der Waals surface area (Å²) in [6.45, 7) is 14.5. The molecule has 0 aromatic heterocycles. The lowest BCUT2D eigenvalue weighted by atomic mass is 10.2. The molecule has 0 aromatic carbocycles. The van der Waals surface area contributed by atoms with Gasteiger partial charge in [-0.05, 0) is 33.6 Å². The Labute approximate surface area is 105 Å². The van der Waals surface area contributed by atoms with Crippen LogP contribution in [0.15, 0.2) is 0 Å². The molecule has 0 bridgehead atoms. The maximum Gasteiger partial charge on any atom is 0.262 e. The average molecular weight is 269 g/mol. The Hall–Kier alpha value is 0.0700. The molecule has 0 amide bonds. The van der Waals surface area contributed by atoms with Gasteiger partial charge in [-0.2, -0.15) is 0 Å². The summed E-state index contributed by atoms with van der Waals surface area (Å²) in [7, 11) is -4.89. The van der Waals surface area contributed by atoms with E-state index in [1.165, 1.54) is 49.9 Å².